The second-order valence-corrected chi connectivity index (χ2v) is 6.09. The van der Waals surface area contributed by atoms with E-state index < -0.39 is 66.2 Å². The number of nitrogens with zero attached hydrogens (tertiary/aromatic N) is 2. The first-order valence-corrected chi connectivity index (χ1v) is 8.10. The molecular weight excluding hydrogens is 489 g/mol. The van der Waals surface area contributed by atoms with Gasteiger partial charge in [0.25, 0.3) is 0 Å². The minimum Gasteiger partial charge on any atom is -0.502 e. The van der Waals surface area contributed by atoms with Gasteiger partial charge in [-0.2, -0.15) is 26.3 Å². The fourth-order valence-corrected chi connectivity index (χ4v) is 2.65. The van der Waals surface area contributed by atoms with Crippen molar-refractivity contribution in [2.45, 2.75) is 12.4 Å². The maximum absolute atomic E-state index is 12.6. The van der Waals surface area contributed by atoms with Crippen LogP contribution in [0.3, 0.4) is 0 Å². The van der Waals surface area contributed by atoms with Gasteiger partial charge in [-0.1, -0.05) is 23.2 Å². The van der Waals surface area contributed by atoms with Crippen LogP contribution >= 0.6 is 23.2 Å². The first-order chi connectivity index (χ1) is 14.0. The zero-order valence-electron chi connectivity index (χ0n) is 14.7. The topological polar surface area (TPSA) is 116 Å². The Bertz CT molecular complexity index is 1010. The number of benzene rings is 2. The molecule has 170 valence electrons. The highest BCUT2D eigenvalue weighted by Gasteiger charge is 2.41. The van der Waals surface area contributed by atoms with Crippen LogP contribution in [0.15, 0.2) is 24.3 Å². The van der Waals surface area contributed by atoms with Crippen LogP contribution < -0.4 is 4.74 Å². The standard InChI is InChI=1S/C8H5ClF3NO3.C7H3ClF3NO3/c1-16-7-5(13(14)15)3-2-4(9)6(7)8(10,11)12;8-3-1-2-4(12(14)15)6(13)5(3)7(9,10)11/h2-3H,1H3;1-2,13H. The molecule has 2 aromatic carbocycles. The van der Waals surface area contributed by atoms with Gasteiger partial charge in [0.1, 0.15) is 11.1 Å². The Labute approximate surface area is 177 Å². The summed E-state index contributed by atoms with van der Waals surface area (Å²) in [6.07, 6.45) is -9.75. The number of hydrogen-bond donors (Lipinski definition) is 1. The molecule has 0 saturated carbocycles. The molecule has 0 atom stereocenters. The van der Waals surface area contributed by atoms with E-state index in [9.17, 15) is 46.6 Å². The maximum Gasteiger partial charge on any atom is 0.421 e. The van der Waals surface area contributed by atoms with E-state index in [1.807, 2.05) is 0 Å². The Balaban J connectivity index is 0.000000311. The van der Waals surface area contributed by atoms with Crippen molar-refractivity contribution < 1.29 is 46.0 Å². The Morgan fingerprint density at radius 2 is 1.23 bits per heavy atom. The predicted octanol–water partition coefficient (Wildman–Crippen LogP) is 6.25. The van der Waals surface area contributed by atoms with Crippen LogP contribution in [0, 0.1) is 20.2 Å². The van der Waals surface area contributed by atoms with Gasteiger partial charge in [-0.15, -0.1) is 0 Å². The van der Waals surface area contributed by atoms with Gasteiger partial charge in [0.2, 0.25) is 11.5 Å². The summed E-state index contributed by atoms with van der Waals surface area (Å²) in [5.41, 5.74) is -4.75. The average molecular weight is 497 g/mol. The third-order valence-electron chi connectivity index (χ3n) is 3.36. The maximum atomic E-state index is 12.6. The molecule has 0 amide bonds. The second kappa shape index (κ2) is 9.43. The molecule has 1 N–H and O–H groups in total. The Morgan fingerprint density at radius 1 is 0.839 bits per heavy atom. The van der Waals surface area contributed by atoms with Crippen LogP contribution in [-0.2, 0) is 12.4 Å². The molecular formula is C15H8Cl2F6N2O6. The summed E-state index contributed by atoms with van der Waals surface area (Å²) in [6, 6.07) is 3.08. The molecule has 0 aliphatic carbocycles. The van der Waals surface area contributed by atoms with Crippen LogP contribution in [0.2, 0.25) is 10.0 Å². The molecule has 8 nitrogen and oxygen atoms in total. The average Bonchev–Trinajstić information content (AvgIpc) is 2.58. The Hall–Kier alpha value is -3.00. The van der Waals surface area contributed by atoms with Crippen LogP contribution in [0.5, 0.6) is 11.5 Å². The van der Waals surface area contributed by atoms with E-state index in [-0.39, 0.29) is 0 Å². The lowest BCUT2D eigenvalue weighted by molar-refractivity contribution is -0.386. The van der Waals surface area contributed by atoms with Crippen LogP contribution in [0.1, 0.15) is 11.1 Å². The van der Waals surface area contributed by atoms with Crippen LogP contribution in [0.4, 0.5) is 37.7 Å². The van der Waals surface area contributed by atoms with E-state index in [1.165, 1.54) is 0 Å². The van der Waals surface area contributed by atoms with Crippen molar-refractivity contribution in [2.24, 2.45) is 0 Å². The van der Waals surface area contributed by atoms with Crippen molar-refractivity contribution in [3.8, 4) is 11.5 Å². The number of nitro benzene ring substituents is 2. The lowest BCUT2D eigenvalue weighted by Gasteiger charge is -2.13. The summed E-state index contributed by atoms with van der Waals surface area (Å²) in [5, 5.41) is 28.3. The number of ether oxygens (including phenoxy) is 1. The number of rotatable bonds is 3. The van der Waals surface area contributed by atoms with Crippen molar-refractivity contribution in [3.63, 3.8) is 0 Å². The number of methoxy groups -OCH3 is 1. The summed E-state index contributed by atoms with van der Waals surface area (Å²) >= 11 is 10.5. The zero-order valence-corrected chi connectivity index (χ0v) is 16.2. The molecule has 0 spiro atoms. The van der Waals surface area contributed by atoms with Gasteiger partial charge in [-0.25, -0.2) is 0 Å². The molecule has 0 heterocycles. The van der Waals surface area contributed by atoms with Gasteiger partial charge >= 0.3 is 23.7 Å². The van der Waals surface area contributed by atoms with E-state index >= 15 is 0 Å². The third kappa shape index (κ3) is 6.01. The van der Waals surface area contributed by atoms with Crippen LogP contribution in [0.25, 0.3) is 0 Å². The lowest BCUT2D eigenvalue weighted by atomic mass is 10.1. The molecule has 0 aliphatic rings. The fraction of sp³-hybridized carbons (Fsp3) is 0.200. The summed E-state index contributed by atoms with van der Waals surface area (Å²) in [5.74, 6) is -2.36. The number of hydrogen-bond acceptors (Lipinski definition) is 6. The van der Waals surface area contributed by atoms with E-state index in [2.05, 4.69) is 4.74 Å². The van der Waals surface area contributed by atoms with Gasteiger partial charge in [-0.3, -0.25) is 20.2 Å². The molecule has 31 heavy (non-hydrogen) atoms. The quantitative estimate of drug-likeness (QED) is 0.305. The minimum atomic E-state index is -4.94. The molecule has 0 bridgehead atoms. The number of nitro groups is 2. The molecule has 2 aromatic rings. The molecule has 0 aromatic heterocycles. The summed E-state index contributed by atoms with van der Waals surface area (Å²) < 4.78 is 78.9. The predicted molar refractivity (Wildman–Crippen MR) is 94.4 cm³/mol. The number of halogens is 8. The van der Waals surface area contributed by atoms with Crippen molar-refractivity contribution in [1.82, 2.24) is 0 Å². The molecule has 0 fully saturated rings. The van der Waals surface area contributed by atoms with Gasteiger partial charge in [0, 0.05) is 12.1 Å². The monoisotopic (exact) mass is 496 g/mol. The highest BCUT2D eigenvalue weighted by Crippen LogP contribution is 2.46. The summed E-state index contributed by atoms with van der Waals surface area (Å²) in [4.78, 5) is 18.6. The zero-order chi connectivity index (χ0) is 24.3. The molecule has 2 rings (SSSR count). The second-order valence-electron chi connectivity index (χ2n) is 5.27. The number of alkyl halides is 6. The van der Waals surface area contributed by atoms with E-state index in [0.29, 0.717) is 12.1 Å². The summed E-state index contributed by atoms with van der Waals surface area (Å²) in [7, 11) is 0.911. The molecule has 0 unspecified atom stereocenters. The first kappa shape index (κ1) is 26.0. The Kier molecular flexibility index (Phi) is 7.92. The number of phenolic OH excluding ortho intramolecular Hbond substituents is 1. The van der Waals surface area contributed by atoms with E-state index in [0.717, 1.165) is 19.2 Å². The van der Waals surface area contributed by atoms with Crippen molar-refractivity contribution in [1.29, 1.82) is 0 Å². The number of phenols is 1. The highest BCUT2D eigenvalue weighted by molar-refractivity contribution is 6.32. The van der Waals surface area contributed by atoms with Crippen molar-refractivity contribution in [3.05, 3.63) is 65.7 Å². The van der Waals surface area contributed by atoms with Gasteiger partial charge < -0.3 is 9.84 Å². The molecule has 0 radical (unpaired) electrons. The largest absolute Gasteiger partial charge is 0.502 e. The molecule has 0 aliphatic heterocycles. The van der Waals surface area contributed by atoms with Gasteiger partial charge in [0.15, 0.2) is 0 Å². The first-order valence-electron chi connectivity index (χ1n) is 7.35. The van der Waals surface area contributed by atoms with E-state index in [4.69, 9.17) is 28.3 Å². The Morgan fingerprint density at radius 3 is 1.58 bits per heavy atom. The SMILES string of the molecule is COc1c([N+](=O)[O-])ccc(Cl)c1C(F)(F)F.O=[N+]([O-])c1ccc(Cl)c(C(F)(F)F)c1O. The molecule has 16 heteroatoms. The smallest absolute Gasteiger partial charge is 0.421 e. The van der Waals surface area contributed by atoms with Crippen LogP contribution in [-0.4, -0.2) is 22.1 Å². The van der Waals surface area contributed by atoms with Crippen molar-refractivity contribution >= 4 is 34.6 Å². The van der Waals surface area contributed by atoms with Gasteiger partial charge in [-0.05, 0) is 12.1 Å². The number of aromatic hydroxyl groups is 1. The third-order valence-corrected chi connectivity index (χ3v) is 3.99. The fourth-order valence-electron chi connectivity index (χ4n) is 2.13. The van der Waals surface area contributed by atoms with E-state index in [1.54, 1.807) is 0 Å². The molecule has 0 saturated heterocycles. The highest BCUT2D eigenvalue weighted by atomic mass is 35.5. The lowest BCUT2D eigenvalue weighted by Crippen LogP contribution is -2.10. The van der Waals surface area contributed by atoms with Crippen molar-refractivity contribution in [2.75, 3.05) is 7.11 Å². The normalized spacial score (nSPS) is 11.4. The van der Waals surface area contributed by atoms with Gasteiger partial charge in [0.05, 0.1) is 27.0 Å². The minimum absolute atomic E-state index is 0.644. The summed E-state index contributed by atoms with van der Waals surface area (Å²) in [6.45, 7) is 0.